The van der Waals surface area contributed by atoms with E-state index in [4.69, 9.17) is 17.0 Å². The van der Waals surface area contributed by atoms with Crippen LogP contribution in [0.5, 0.6) is 0 Å². The molecular formula is C46H53Cl2SiZr. The molecule has 0 spiro atoms. The van der Waals surface area contributed by atoms with E-state index in [1.807, 2.05) is 0 Å². The van der Waals surface area contributed by atoms with Gasteiger partial charge in [0.15, 0.2) is 0 Å². The summed E-state index contributed by atoms with van der Waals surface area (Å²) in [6, 6.07) is 36.0. The van der Waals surface area contributed by atoms with Gasteiger partial charge in [0.25, 0.3) is 0 Å². The summed E-state index contributed by atoms with van der Waals surface area (Å²) in [5.74, 6) is -1.68. The van der Waals surface area contributed by atoms with Crippen molar-refractivity contribution in [3.05, 3.63) is 130 Å². The number of allylic oxidation sites excluding steroid dienone is 2. The van der Waals surface area contributed by atoms with Gasteiger partial charge in [-0.05, 0) is 0 Å². The number of rotatable bonds is 9. The molecule has 0 aromatic heterocycles. The summed E-state index contributed by atoms with van der Waals surface area (Å²) < 4.78 is 0.247. The van der Waals surface area contributed by atoms with E-state index in [9.17, 15) is 0 Å². The van der Waals surface area contributed by atoms with E-state index in [0.29, 0.717) is 10.8 Å². The molecule has 4 aliphatic carbocycles. The second-order valence-electron chi connectivity index (χ2n) is 17.4. The van der Waals surface area contributed by atoms with Crippen LogP contribution in [0.3, 0.4) is 0 Å². The van der Waals surface area contributed by atoms with Gasteiger partial charge in [-0.25, -0.2) is 0 Å². The molecule has 4 aromatic rings. The van der Waals surface area contributed by atoms with Crippen molar-refractivity contribution >= 4 is 35.1 Å². The second-order valence-corrected chi connectivity index (χ2v) is 59.9. The molecule has 2 unspecified atom stereocenters. The molecule has 2 fully saturated rings. The van der Waals surface area contributed by atoms with E-state index in [2.05, 4.69) is 136 Å². The van der Waals surface area contributed by atoms with Gasteiger partial charge >= 0.3 is 313 Å². The summed E-state index contributed by atoms with van der Waals surface area (Å²) in [6.45, 7) is 10.1. The van der Waals surface area contributed by atoms with E-state index in [0.717, 1.165) is 12.8 Å². The number of benzene rings is 4. The van der Waals surface area contributed by atoms with Gasteiger partial charge in [-0.3, -0.25) is 0 Å². The first-order valence-electron chi connectivity index (χ1n) is 19.3. The zero-order valence-electron chi connectivity index (χ0n) is 30.5. The van der Waals surface area contributed by atoms with Gasteiger partial charge in [-0.2, -0.15) is 0 Å². The van der Waals surface area contributed by atoms with Crippen LogP contribution in [0.1, 0.15) is 108 Å². The van der Waals surface area contributed by atoms with Gasteiger partial charge in [0.05, 0.1) is 0 Å². The predicted molar refractivity (Wildman–Crippen MR) is 218 cm³/mol. The molecule has 0 radical (unpaired) electrons. The Kier molecular flexibility index (Phi) is 9.24. The minimum absolute atomic E-state index is 0.124. The van der Waals surface area contributed by atoms with Gasteiger partial charge in [0.1, 0.15) is 0 Å². The minimum atomic E-state index is -4.96. The second kappa shape index (κ2) is 13.2. The van der Waals surface area contributed by atoms with Gasteiger partial charge in [0.2, 0.25) is 0 Å². The third kappa shape index (κ3) is 5.88. The van der Waals surface area contributed by atoms with Gasteiger partial charge < -0.3 is 0 Å². The molecule has 4 aliphatic rings. The molecule has 0 bridgehead atoms. The van der Waals surface area contributed by atoms with Crippen LogP contribution in [0.2, 0.25) is 13.1 Å². The fourth-order valence-corrected chi connectivity index (χ4v) is 42.2. The Morgan fingerprint density at radius 3 is 1.30 bits per heavy atom. The van der Waals surface area contributed by atoms with Crippen LogP contribution in [0.25, 0.3) is 34.4 Å². The Hall–Kier alpha value is -1.96. The van der Waals surface area contributed by atoms with E-state index < -0.39 is 21.5 Å². The first-order chi connectivity index (χ1) is 24.0. The van der Waals surface area contributed by atoms with Crippen molar-refractivity contribution in [3.63, 3.8) is 0 Å². The van der Waals surface area contributed by atoms with Crippen molar-refractivity contribution in [2.24, 2.45) is 10.8 Å². The molecule has 2 saturated carbocycles. The fraction of sp³-hybridized carbons (Fsp3) is 0.391. The molecule has 0 aliphatic heterocycles. The Morgan fingerprint density at radius 1 is 0.560 bits per heavy atom. The number of halogens is 2. The van der Waals surface area contributed by atoms with E-state index in [1.54, 1.807) is 11.1 Å². The monoisotopic (exact) mass is 793 g/mol. The topological polar surface area (TPSA) is 0 Å². The third-order valence-corrected chi connectivity index (χ3v) is 65.4. The summed E-state index contributed by atoms with van der Waals surface area (Å²) in [4.78, 5) is 0. The van der Waals surface area contributed by atoms with Crippen LogP contribution >= 0.6 is 17.0 Å². The average molecular weight is 796 g/mol. The summed E-state index contributed by atoms with van der Waals surface area (Å²) in [6.07, 6.45) is 17.9. The molecular weight excluding hydrogens is 743 g/mol. The molecule has 0 nitrogen and oxygen atoms in total. The predicted octanol–water partition coefficient (Wildman–Crippen LogP) is 14.5. The summed E-state index contributed by atoms with van der Waals surface area (Å²) >= 11 is -4.96. The zero-order valence-corrected chi connectivity index (χ0v) is 35.6. The van der Waals surface area contributed by atoms with Crippen molar-refractivity contribution in [2.75, 3.05) is 0 Å². The van der Waals surface area contributed by atoms with Crippen LogP contribution in [-0.2, 0) is 15.6 Å². The van der Waals surface area contributed by atoms with Crippen molar-refractivity contribution in [1.29, 1.82) is 0 Å². The Balaban J connectivity index is 1.36. The zero-order chi connectivity index (χ0) is 34.8. The normalized spacial score (nSPS) is 22.9. The molecule has 4 heteroatoms. The van der Waals surface area contributed by atoms with Crippen LogP contribution in [0, 0.1) is 10.8 Å². The number of hydrogen-bond acceptors (Lipinski definition) is 0. The maximum atomic E-state index is 9.00. The third-order valence-electron chi connectivity index (χ3n) is 13.6. The Morgan fingerprint density at radius 2 is 0.940 bits per heavy atom. The summed E-state index contributed by atoms with van der Waals surface area (Å²) in [7, 11) is 18.0. The number of fused-ring (bicyclic) bond motifs is 2. The van der Waals surface area contributed by atoms with Crippen molar-refractivity contribution in [2.45, 2.75) is 98.4 Å². The van der Waals surface area contributed by atoms with Gasteiger partial charge in [0, 0.05) is 0 Å². The molecule has 0 amide bonds. The van der Waals surface area contributed by atoms with Gasteiger partial charge in [-0.1, -0.05) is 0 Å². The molecule has 2 atom stereocenters. The molecule has 50 heavy (non-hydrogen) atoms. The first kappa shape index (κ1) is 35.1. The summed E-state index contributed by atoms with van der Waals surface area (Å²) in [5.41, 5.74) is 14.5. The Bertz CT molecular complexity index is 1830. The summed E-state index contributed by atoms with van der Waals surface area (Å²) in [5, 5.41) is 0. The van der Waals surface area contributed by atoms with Crippen LogP contribution in [0.4, 0.5) is 0 Å². The molecule has 259 valence electrons. The molecule has 0 heterocycles. The molecule has 0 N–H and O–H groups in total. The fourth-order valence-electron chi connectivity index (χ4n) is 10.9. The van der Waals surface area contributed by atoms with Crippen LogP contribution in [-0.4, -0.2) is 5.92 Å². The average Bonchev–Trinajstić information content (AvgIpc) is 3.90. The molecule has 8 rings (SSSR count). The molecule has 4 aromatic carbocycles. The first-order valence-corrected chi connectivity index (χ1v) is 35.7. The van der Waals surface area contributed by atoms with Crippen molar-refractivity contribution in [3.8, 4) is 22.3 Å². The van der Waals surface area contributed by atoms with Gasteiger partial charge in [-0.15, -0.1) is 0 Å². The van der Waals surface area contributed by atoms with E-state index >= 15 is 0 Å². The quantitative estimate of drug-likeness (QED) is 0.148. The Labute approximate surface area is 310 Å². The SMILES string of the molecule is C[SiH](C)[Zr]([Cl])([Cl])([CH]1C(CC2(C)CCCC2)=Cc2c(-c3ccccc3)cccc21)[CH]1C(CC2(C)CCCC2)=Cc2c(-c3ccccc3)cccc21. The van der Waals surface area contributed by atoms with E-state index in [1.165, 1.54) is 95.9 Å². The van der Waals surface area contributed by atoms with Crippen molar-refractivity contribution < 1.29 is 15.6 Å². The number of hydrogen-bond donors (Lipinski definition) is 0. The van der Waals surface area contributed by atoms with Crippen LogP contribution in [0.15, 0.2) is 108 Å². The standard InChI is InChI=1S/2C22H23.C2H7Si.2ClH.Zr/c2*1-22(12-5-6-13-22)16-17-14-19-10-7-11-20(21(19)15-17)18-8-3-2-4-9-18;1-3-2;;;/h2*2-4,7-11,14-15H,5-6,12-13,16H2,1H3;3H,1-2H3;2*1H;/q;;;;;+2/p-2. The molecule has 0 saturated heterocycles. The van der Waals surface area contributed by atoms with Crippen LogP contribution < -0.4 is 0 Å². The van der Waals surface area contributed by atoms with E-state index in [-0.39, 0.29) is 7.25 Å². The maximum absolute atomic E-state index is 9.00. The van der Waals surface area contributed by atoms with Crippen molar-refractivity contribution in [1.82, 2.24) is 0 Å².